The summed E-state index contributed by atoms with van der Waals surface area (Å²) in [4.78, 5) is 25.8. The zero-order chi connectivity index (χ0) is 19.3. The van der Waals surface area contributed by atoms with Crippen LogP contribution in [0.3, 0.4) is 0 Å². The number of nitrogens with one attached hydrogen (secondary N) is 1. The monoisotopic (exact) mass is 394 g/mol. The van der Waals surface area contributed by atoms with Gasteiger partial charge in [-0.2, -0.15) is 0 Å². The van der Waals surface area contributed by atoms with Crippen LogP contribution in [0, 0.1) is 6.92 Å². The van der Waals surface area contributed by atoms with E-state index in [-0.39, 0.29) is 18.4 Å². The number of carbonyl (C=O) groups excluding carboxylic acids is 2. The molecule has 0 heterocycles. The highest BCUT2D eigenvalue weighted by atomic mass is 35.5. The molecule has 0 saturated heterocycles. The summed E-state index contributed by atoms with van der Waals surface area (Å²) in [5.41, 5.74) is 2.20. The van der Waals surface area contributed by atoms with E-state index in [4.69, 9.17) is 27.9 Å². The summed E-state index contributed by atoms with van der Waals surface area (Å²) in [6.07, 6.45) is 0. The molecule has 2 amide bonds. The number of carbonyl (C=O) groups is 2. The lowest BCUT2D eigenvalue weighted by atomic mass is 10.1. The van der Waals surface area contributed by atoms with E-state index >= 15 is 0 Å². The Balaban J connectivity index is 2.13. The average Bonchev–Trinajstić information content (AvgIpc) is 2.61. The molecule has 0 aliphatic heterocycles. The highest BCUT2D eigenvalue weighted by molar-refractivity contribution is 6.31. The maximum absolute atomic E-state index is 12.3. The average molecular weight is 395 g/mol. The van der Waals surface area contributed by atoms with E-state index in [0.717, 1.165) is 11.1 Å². The fourth-order valence-electron chi connectivity index (χ4n) is 2.39. The molecule has 0 atom stereocenters. The molecule has 5 nitrogen and oxygen atoms in total. The molecule has 0 aromatic heterocycles. The quantitative estimate of drug-likeness (QED) is 0.805. The van der Waals surface area contributed by atoms with E-state index < -0.39 is 0 Å². The van der Waals surface area contributed by atoms with Gasteiger partial charge in [-0.1, -0.05) is 35.3 Å². The van der Waals surface area contributed by atoms with Gasteiger partial charge in [0.25, 0.3) is 0 Å². The van der Waals surface area contributed by atoms with Gasteiger partial charge < -0.3 is 10.1 Å². The number of methoxy groups -OCH3 is 1. The van der Waals surface area contributed by atoms with Crippen LogP contribution < -0.4 is 15.0 Å². The second-order valence-electron chi connectivity index (χ2n) is 5.78. The molecular weight excluding hydrogens is 375 g/mol. The molecule has 0 aliphatic rings. The smallest absolute Gasteiger partial charge is 0.240 e. The minimum absolute atomic E-state index is 0.125. The van der Waals surface area contributed by atoms with Crippen molar-refractivity contribution in [2.75, 3.05) is 18.6 Å². The number of hydrogen-bond acceptors (Lipinski definition) is 3. The molecule has 26 heavy (non-hydrogen) atoms. The Kier molecular flexibility index (Phi) is 6.89. The molecule has 0 saturated carbocycles. The Hall–Kier alpha value is -2.24. The minimum Gasteiger partial charge on any atom is -0.495 e. The number of rotatable bonds is 6. The number of benzene rings is 2. The van der Waals surface area contributed by atoms with Crippen molar-refractivity contribution in [3.63, 3.8) is 0 Å². The second kappa shape index (κ2) is 8.92. The molecule has 0 unspecified atom stereocenters. The van der Waals surface area contributed by atoms with Crippen molar-refractivity contribution in [3.05, 3.63) is 57.6 Å². The molecule has 7 heteroatoms. The lowest BCUT2D eigenvalue weighted by Crippen LogP contribution is -2.39. The predicted octanol–water partition coefficient (Wildman–Crippen LogP) is 3.98. The minimum atomic E-state index is -0.287. The van der Waals surface area contributed by atoms with E-state index in [2.05, 4.69) is 5.32 Å². The van der Waals surface area contributed by atoms with Crippen molar-refractivity contribution in [1.82, 2.24) is 5.32 Å². The number of anilines is 1. The van der Waals surface area contributed by atoms with Gasteiger partial charge in [-0.05, 0) is 36.2 Å². The largest absolute Gasteiger partial charge is 0.495 e. The Morgan fingerprint density at radius 2 is 1.81 bits per heavy atom. The lowest BCUT2D eigenvalue weighted by molar-refractivity contribution is -0.123. The molecule has 0 spiro atoms. The summed E-state index contributed by atoms with van der Waals surface area (Å²) in [6.45, 7) is 3.44. The van der Waals surface area contributed by atoms with Crippen LogP contribution >= 0.6 is 23.2 Å². The molecule has 2 aromatic rings. The Morgan fingerprint density at radius 3 is 2.38 bits per heavy atom. The highest BCUT2D eigenvalue weighted by Crippen LogP contribution is 2.33. The van der Waals surface area contributed by atoms with Crippen LogP contribution in [0.5, 0.6) is 5.75 Å². The van der Waals surface area contributed by atoms with Crippen LogP contribution in [-0.4, -0.2) is 25.5 Å². The Bertz CT molecular complexity index is 807. The molecule has 138 valence electrons. The van der Waals surface area contributed by atoms with Crippen molar-refractivity contribution < 1.29 is 14.3 Å². The highest BCUT2D eigenvalue weighted by Gasteiger charge is 2.20. The van der Waals surface area contributed by atoms with Crippen LogP contribution in [0.2, 0.25) is 10.0 Å². The van der Waals surface area contributed by atoms with Crippen molar-refractivity contribution in [1.29, 1.82) is 0 Å². The summed E-state index contributed by atoms with van der Waals surface area (Å²) in [7, 11) is 1.49. The molecule has 0 bridgehead atoms. The van der Waals surface area contributed by atoms with E-state index in [1.807, 2.05) is 19.1 Å². The van der Waals surface area contributed by atoms with Gasteiger partial charge in [0.05, 0.1) is 12.8 Å². The summed E-state index contributed by atoms with van der Waals surface area (Å²) < 4.78 is 5.31. The molecule has 0 radical (unpaired) electrons. The topological polar surface area (TPSA) is 58.6 Å². The first-order valence-electron chi connectivity index (χ1n) is 7.95. The van der Waals surface area contributed by atoms with Crippen molar-refractivity contribution in [3.8, 4) is 5.75 Å². The van der Waals surface area contributed by atoms with Crippen LogP contribution in [0.1, 0.15) is 18.1 Å². The maximum atomic E-state index is 12.3. The zero-order valence-corrected chi connectivity index (χ0v) is 16.3. The normalized spacial score (nSPS) is 10.3. The lowest BCUT2D eigenvalue weighted by Gasteiger charge is -2.23. The van der Waals surface area contributed by atoms with E-state index in [9.17, 15) is 9.59 Å². The van der Waals surface area contributed by atoms with Crippen molar-refractivity contribution >= 4 is 40.7 Å². The summed E-state index contributed by atoms with van der Waals surface area (Å²) in [5.74, 6) is -0.127. The SMILES string of the molecule is COc1cc(Cl)c(C)cc1N(CC(=O)NCc1ccc(Cl)cc1)C(C)=O. The third-order valence-electron chi connectivity index (χ3n) is 3.84. The van der Waals surface area contributed by atoms with Crippen LogP contribution in [0.15, 0.2) is 36.4 Å². The third-order valence-corrected chi connectivity index (χ3v) is 4.49. The van der Waals surface area contributed by atoms with Gasteiger partial charge >= 0.3 is 0 Å². The van der Waals surface area contributed by atoms with Gasteiger partial charge in [-0.15, -0.1) is 0 Å². The Labute approximate surface area is 162 Å². The molecule has 2 rings (SSSR count). The van der Waals surface area contributed by atoms with Crippen LogP contribution in [-0.2, 0) is 16.1 Å². The summed E-state index contributed by atoms with van der Waals surface area (Å²) >= 11 is 12.0. The van der Waals surface area contributed by atoms with E-state index in [1.165, 1.54) is 18.9 Å². The molecule has 2 aromatic carbocycles. The number of nitrogens with zero attached hydrogens (tertiary/aromatic N) is 1. The fourth-order valence-corrected chi connectivity index (χ4v) is 2.67. The van der Waals surface area contributed by atoms with Gasteiger partial charge in [0.2, 0.25) is 11.8 Å². The number of hydrogen-bond donors (Lipinski definition) is 1. The van der Waals surface area contributed by atoms with Crippen molar-refractivity contribution in [2.24, 2.45) is 0 Å². The first kappa shape index (κ1) is 20.1. The maximum Gasteiger partial charge on any atom is 0.240 e. The van der Waals surface area contributed by atoms with Gasteiger partial charge in [-0.3, -0.25) is 14.5 Å². The van der Waals surface area contributed by atoms with E-state index in [1.54, 1.807) is 24.3 Å². The predicted molar refractivity (Wildman–Crippen MR) is 104 cm³/mol. The number of aryl methyl sites for hydroxylation is 1. The van der Waals surface area contributed by atoms with Crippen LogP contribution in [0.25, 0.3) is 0 Å². The van der Waals surface area contributed by atoms with Gasteiger partial charge in [0.15, 0.2) is 0 Å². The first-order chi connectivity index (χ1) is 12.3. The fraction of sp³-hybridized carbons (Fsp3) is 0.263. The standard InChI is InChI=1S/C19H20Cl2N2O3/c1-12-8-17(18(26-3)9-16(12)21)23(13(2)24)11-19(25)22-10-14-4-6-15(20)7-5-14/h4-9H,10-11H2,1-3H3,(H,22,25). The molecular formula is C19H20Cl2N2O3. The Morgan fingerprint density at radius 1 is 1.15 bits per heavy atom. The zero-order valence-electron chi connectivity index (χ0n) is 14.8. The van der Waals surface area contributed by atoms with Crippen LogP contribution in [0.4, 0.5) is 5.69 Å². The van der Waals surface area contributed by atoms with Gasteiger partial charge in [0.1, 0.15) is 12.3 Å². The summed E-state index contributed by atoms with van der Waals surface area (Å²) in [6, 6.07) is 10.5. The van der Waals surface area contributed by atoms with E-state index in [0.29, 0.717) is 28.0 Å². The third kappa shape index (κ3) is 5.13. The van der Waals surface area contributed by atoms with Gasteiger partial charge in [0, 0.05) is 29.6 Å². The molecule has 0 aliphatic carbocycles. The van der Waals surface area contributed by atoms with Gasteiger partial charge in [-0.25, -0.2) is 0 Å². The molecule has 1 N–H and O–H groups in total. The van der Waals surface area contributed by atoms with Crippen molar-refractivity contribution in [2.45, 2.75) is 20.4 Å². The number of ether oxygens (including phenoxy) is 1. The molecule has 0 fully saturated rings. The number of amides is 2. The number of halogens is 2. The first-order valence-corrected chi connectivity index (χ1v) is 8.70. The second-order valence-corrected chi connectivity index (χ2v) is 6.63. The summed E-state index contributed by atoms with van der Waals surface area (Å²) in [5, 5.41) is 3.96.